The molecule has 50 valence electrons. The van der Waals surface area contributed by atoms with Crippen LogP contribution in [0.4, 0.5) is 0 Å². The van der Waals surface area contributed by atoms with E-state index in [0.29, 0.717) is 6.54 Å². The van der Waals surface area contributed by atoms with E-state index in [2.05, 4.69) is 0 Å². The van der Waals surface area contributed by atoms with Crippen molar-refractivity contribution < 1.29 is 5.11 Å². The Morgan fingerprint density at radius 2 is 2.00 bits per heavy atom. The minimum atomic E-state index is -0.252. The molecular weight excluding hydrogens is 114 g/mol. The SMILES string of the molecule is C[C@@H](O)Cn1cccc1. The van der Waals surface area contributed by atoms with Crippen molar-refractivity contribution in [1.82, 2.24) is 4.57 Å². The molecule has 1 heterocycles. The molecule has 9 heavy (non-hydrogen) atoms. The summed E-state index contributed by atoms with van der Waals surface area (Å²) in [6, 6.07) is 3.89. The molecule has 0 unspecified atom stereocenters. The lowest BCUT2D eigenvalue weighted by Gasteiger charge is -2.03. The summed E-state index contributed by atoms with van der Waals surface area (Å²) in [7, 11) is 0. The molecule has 1 aromatic rings. The van der Waals surface area contributed by atoms with E-state index >= 15 is 0 Å². The van der Waals surface area contributed by atoms with Gasteiger partial charge in [0.25, 0.3) is 0 Å². The van der Waals surface area contributed by atoms with Crippen LogP contribution in [-0.2, 0) is 6.54 Å². The summed E-state index contributed by atoms with van der Waals surface area (Å²) in [6.45, 7) is 2.47. The molecule has 0 fully saturated rings. The molecule has 0 saturated carbocycles. The van der Waals surface area contributed by atoms with Gasteiger partial charge in [-0.05, 0) is 19.1 Å². The lowest BCUT2D eigenvalue weighted by molar-refractivity contribution is 0.174. The first kappa shape index (κ1) is 6.36. The maximum Gasteiger partial charge on any atom is 0.0690 e. The predicted octanol–water partition coefficient (Wildman–Crippen LogP) is 0.869. The molecule has 0 aliphatic heterocycles. The Labute approximate surface area is 54.7 Å². The van der Waals surface area contributed by atoms with Crippen LogP contribution >= 0.6 is 0 Å². The molecule has 1 atom stereocenters. The predicted molar refractivity (Wildman–Crippen MR) is 36.1 cm³/mol. The second-order valence-corrected chi connectivity index (χ2v) is 2.23. The number of nitrogens with zero attached hydrogens (tertiary/aromatic N) is 1. The third-order valence-electron chi connectivity index (χ3n) is 1.14. The third kappa shape index (κ3) is 1.90. The number of hydrogen-bond donors (Lipinski definition) is 1. The summed E-state index contributed by atoms with van der Waals surface area (Å²) in [6.07, 6.45) is 3.62. The lowest BCUT2D eigenvalue weighted by atomic mass is 10.4. The molecule has 1 aromatic heterocycles. The number of aromatic nitrogens is 1. The van der Waals surface area contributed by atoms with Gasteiger partial charge in [0.1, 0.15) is 0 Å². The molecule has 0 bridgehead atoms. The summed E-state index contributed by atoms with van der Waals surface area (Å²) in [5.74, 6) is 0. The fourth-order valence-electron chi connectivity index (χ4n) is 0.797. The summed E-state index contributed by atoms with van der Waals surface area (Å²) in [4.78, 5) is 0. The van der Waals surface area contributed by atoms with Crippen LogP contribution in [0.5, 0.6) is 0 Å². The smallest absolute Gasteiger partial charge is 0.0690 e. The van der Waals surface area contributed by atoms with Crippen LogP contribution in [0.15, 0.2) is 24.5 Å². The van der Waals surface area contributed by atoms with Crippen molar-refractivity contribution in [2.24, 2.45) is 0 Å². The van der Waals surface area contributed by atoms with Crippen molar-refractivity contribution in [2.45, 2.75) is 19.6 Å². The van der Waals surface area contributed by atoms with E-state index in [0.717, 1.165) is 0 Å². The van der Waals surface area contributed by atoms with Gasteiger partial charge in [-0.15, -0.1) is 0 Å². The topological polar surface area (TPSA) is 25.2 Å². The van der Waals surface area contributed by atoms with Crippen LogP contribution in [-0.4, -0.2) is 15.8 Å². The fraction of sp³-hybridized carbons (Fsp3) is 0.429. The summed E-state index contributed by atoms with van der Waals surface area (Å²) >= 11 is 0. The maximum atomic E-state index is 8.90. The zero-order valence-electron chi connectivity index (χ0n) is 5.49. The number of aliphatic hydroxyl groups excluding tert-OH is 1. The lowest BCUT2D eigenvalue weighted by Crippen LogP contribution is -2.09. The van der Waals surface area contributed by atoms with Crippen molar-refractivity contribution in [2.75, 3.05) is 0 Å². The highest BCUT2D eigenvalue weighted by atomic mass is 16.3. The molecule has 0 aliphatic carbocycles. The van der Waals surface area contributed by atoms with Gasteiger partial charge in [-0.2, -0.15) is 0 Å². The number of rotatable bonds is 2. The van der Waals surface area contributed by atoms with Crippen molar-refractivity contribution in [1.29, 1.82) is 0 Å². The minimum absolute atomic E-state index is 0.252. The van der Waals surface area contributed by atoms with Crippen molar-refractivity contribution in [3.8, 4) is 0 Å². The summed E-state index contributed by atoms with van der Waals surface area (Å²) in [5.41, 5.74) is 0. The number of aliphatic hydroxyl groups is 1. The van der Waals surface area contributed by atoms with Gasteiger partial charge in [0, 0.05) is 18.9 Å². The van der Waals surface area contributed by atoms with Crippen molar-refractivity contribution in [3.63, 3.8) is 0 Å². The normalized spacial score (nSPS) is 13.6. The molecule has 0 aliphatic rings. The largest absolute Gasteiger partial charge is 0.392 e. The van der Waals surface area contributed by atoms with Crippen LogP contribution in [0.3, 0.4) is 0 Å². The first-order chi connectivity index (χ1) is 4.29. The molecule has 2 nitrogen and oxygen atoms in total. The first-order valence-corrected chi connectivity index (χ1v) is 3.08. The molecule has 0 amide bonds. The highest BCUT2D eigenvalue weighted by molar-refractivity contribution is 4.90. The van der Waals surface area contributed by atoms with E-state index < -0.39 is 0 Å². The average Bonchev–Trinajstić information content (AvgIpc) is 2.15. The van der Waals surface area contributed by atoms with Crippen LogP contribution in [0, 0.1) is 0 Å². The van der Waals surface area contributed by atoms with Gasteiger partial charge in [0.15, 0.2) is 0 Å². The van der Waals surface area contributed by atoms with Crippen LogP contribution in [0.2, 0.25) is 0 Å². The van der Waals surface area contributed by atoms with Gasteiger partial charge in [-0.25, -0.2) is 0 Å². The quantitative estimate of drug-likeness (QED) is 0.623. The fourth-order valence-corrected chi connectivity index (χ4v) is 0.797. The Kier molecular flexibility index (Phi) is 1.90. The van der Waals surface area contributed by atoms with Gasteiger partial charge in [-0.1, -0.05) is 0 Å². The molecule has 1 rings (SSSR count). The first-order valence-electron chi connectivity index (χ1n) is 3.08. The molecule has 2 heteroatoms. The Balaban J connectivity index is 2.48. The second kappa shape index (κ2) is 2.69. The van der Waals surface area contributed by atoms with Gasteiger partial charge < -0.3 is 9.67 Å². The number of hydrogen-bond acceptors (Lipinski definition) is 1. The molecule has 0 spiro atoms. The van der Waals surface area contributed by atoms with Crippen molar-refractivity contribution >= 4 is 0 Å². The Morgan fingerprint density at radius 3 is 2.44 bits per heavy atom. The molecule has 1 N–H and O–H groups in total. The molecule has 0 saturated heterocycles. The summed E-state index contributed by atoms with van der Waals surface area (Å²) in [5, 5.41) is 8.90. The van der Waals surface area contributed by atoms with Gasteiger partial charge in [-0.3, -0.25) is 0 Å². The van der Waals surface area contributed by atoms with E-state index in [4.69, 9.17) is 5.11 Å². The van der Waals surface area contributed by atoms with Crippen LogP contribution < -0.4 is 0 Å². The van der Waals surface area contributed by atoms with E-state index in [-0.39, 0.29) is 6.10 Å². The molecule has 0 aromatic carbocycles. The van der Waals surface area contributed by atoms with E-state index in [9.17, 15) is 0 Å². The van der Waals surface area contributed by atoms with E-state index in [1.807, 2.05) is 29.1 Å². The second-order valence-electron chi connectivity index (χ2n) is 2.23. The standard InChI is InChI=1S/C7H11NO/c1-7(9)6-8-4-2-3-5-8/h2-5,7,9H,6H2,1H3/t7-/m1/s1. The Morgan fingerprint density at radius 1 is 1.44 bits per heavy atom. The van der Waals surface area contributed by atoms with Crippen LogP contribution in [0.25, 0.3) is 0 Å². The zero-order valence-corrected chi connectivity index (χ0v) is 5.49. The highest BCUT2D eigenvalue weighted by Crippen LogP contribution is 1.92. The van der Waals surface area contributed by atoms with Gasteiger partial charge in [0.2, 0.25) is 0 Å². The van der Waals surface area contributed by atoms with Crippen LogP contribution in [0.1, 0.15) is 6.92 Å². The maximum absolute atomic E-state index is 8.90. The van der Waals surface area contributed by atoms with Gasteiger partial charge in [0.05, 0.1) is 6.10 Å². The van der Waals surface area contributed by atoms with E-state index in [1.165, 1.54) is 0 Å². The minimum Gasteiger partial charge on any atom is -0.392 e. The van der Waals surface area contributed by atoms with Gasteiger partial charge >= 0.3 is 0 Å². The zero-order chi connectivity index (χ0) is 6.69. The Hall–Kier alpha value is -0.760. The Bertz CT molecular complexity index is 155. The monoisotopic (exact) mass is 125 g/mol. The molecule has 0 radical (unpaired) electrons. The van der Waals surface area contributed by atoms with Crippen molar-refractivity contribution in [3.05, 3.63) is 24.5 Å². The molecular formula is C7H11NO. The highest BCUT2D eigenvalue weighted by Gasteiger charge is 1.93. The summed E-state index contributed by atoms with van der Waals surface area (Å²) < 4.78 is 1.95. The average molecular weight is 125 g/mol. The third-order valence-corrected chi connectivity index (χ3v) is 1.14. The van der Waals surface area contributed by atoms with E-state index in [1.54, 1.807) is 6.92 Å².